The molecular weight excluding hydrogens is 324 g/mol. The fraction of sp³-hybridized carbons (Fsp3) is 0.263. The maximum Gasteiger partial charge on any atom is 0.307 e. The lowest BCUT2D eigenvalue weighted by Gasteiger charge is -2.33. The Hall–Kier alpha value is -3.02. The molecule has 0 heterocycles. The van der Waals surface area contributed by atoms with Crippen molar-refractivity contribution in [1.29, 1.82) is 0 Å². The van der Waals surface area contributed by atoms with Crippen LogP contribution in [0.25, 0.3) is 0 Å². The molecule has 1 atom stereocenters. The monoisotopic (exact) mass is 344 g/mol. The zero-order chi connectivity index (χ0) is 18.6. The van der Waals surface area contributed by atoms with Gasteiger partial charge in [-0.1, -0.05) is 31.2 Å². The molecule has 4 N–H and O–H groups in total. The summed E-state index contributed by atoms with van der Waals surface area (Å²) < 4.78 is 0. The third-order valence-electron chi connectivity index (χ3n) is 4.43. The number of carbonyl (C=O) groups is 2. The summed E-state index contributed by atoms with van der Waals surface area (Å²) in [6.07, 6.45) is -0.425. The van der Waals surface area contributed by atoms with E-state index in [9.17, 15) is 24.9 Å². The van der Waals surface area contributed by atoms with Gasteiger partial charge >= 0.3 is 11.9 Å². The molecule has 0 aliphatic carbocycles. The van der Waals surface area contributed by atoms with Gasteiger partial charge in [-0.15, -0.1) is 0 Å². The minimum Gasteiger partial charge on any atom is -0.508 e. The summed E-state index contributed by atoms with van der Waals surface area (Å²) in [5.74, 6) is -3.27. The van der Waals surface area contributed by atoms with Gasteiger partial charge in [-0.2, -0.15) is 0 Å². The lowest BCUT2D eigenvalue weighted by Crippen LogP contribution is -2.31. The summed E-state index contributed by atoms with van der Waals surface area (Å²) in [5, 5.41) is 37.5. The van der Waals surface area contributed by atoms with E-state index in [4.69, 9.17) is 5.11 Å². The molecule has 132 valence electrons. The van der Waals surface area contributed by atoms with E-state index in [-0.39, 0.29) is 17.9 Å². The van der Waals surface area contributed by atoms with E-state index < -0.39 is 29.7 Å². The summed E-state index contributed by atoms with van der Waals surface area (Å²) in [7, 11) is 0. The van der Waals surface area contributed by atoms with E-state index in [1.165, 1.54) is 24.3 Å². The standard InChI is InChI=1S/C19H20O6/c1-19(13-2-6-15(20)7-3-13,14-4-8-16(21)9-5-14)11-12(18(24)25)10-17(22)23/h2-9,12,20-21H,10-11H2,1H3,(H,22,23)(H,24,25). The Bertz CT molecular complexity index is 703. The van der Waals surface area contributed by atoms with Crippen LogP contribution in [0.15, 0.2) is 48.5 Å². The highest BCUT2D eigenvalue weighted by molar-refractivity contribution is 5.78. The summed E-state index contributed by atoms with van der Waals surface area (Å²) >= 11 is 0. The van der Waals surface area contributed by atoms with E-state index in [0.717, 1.165) is 11.1 Å². The molecule has 0 radical (unpaired) electrons. The third kappa shape index (κ3) is 4.29. The van der Waals surface area contributed by atoms with Gasteiger partial charge in [0.1, 0.15) is 11.5 Å². The lowest BCUT2D eigenvalue weighted by atomic mass is 9.70. The van der Waals surface area contributed by atoms with E-state index in [1.54, 1.807) is 24.3 Å². The van der Waals surface area contributed by atoms with Crippen LogP contribution in [0.4, 0.5) is 0 Å². The van der Waals surface area contributed by atoms with Gasteiger partial charge in [0.15, 0.2) is 0 Å². The molecule has 6 nitrogen and oxygen atoms in total. The second-order valence-corrected chi connectivity index (χ2v) is 6.26. The van der Waals surface area contributed by atoms with Crippen molar-refractivity contribution in [2.75, 3.05) is 0 Å². The van der Waals surface area contributed by atoms with Crippen LogP contribution in [-0.2, 0) is 15.0 Å². The van der Waals surface area contributed by atoms with Gasteiger partial charge in [-0.3, -0.25) is 9.59 Å². The topological polar surface area (TPSA) is 115 Å². The number of hydrogen-bond donors (Lipinski definition) is 4. The van der Waals surface area contributed by atoms with Crippen molar-refractivity contribution in [3.8, 4) is 11.5 Å². The number of carboxylic acid groups (broad SMARTS) is 2. The van der Waals surface area contributed by atoms with Crippen molar-refractivity contribution in [1.82, 2.24) is 0 Å². The average Bonchev–Trinajstić information content (AvgIpc) is 2.54. The maximum absolute atomic E-state index is 11.5. The van der Waals surface area contributed by atoms with E-state index in [2.05, 4.69) is 0 Å². The maximum atomic E-state index is 11.5. The molecule has 0 aliphatic heterocycles. The Morgan fingerprint density at radius 3 is 1.60 bits per heavy atom. The molecule has 0 fully saturated rings. The van der Waals surface area contributed by atoms with Crippen molar-refractivity contribution >= 4 is 11.9 Å². The zero-order valence-electron chi connectivity index (χ0n) is 13.7. The first-order chi connectivity index (χ1) is 11.7. The van der Waals surface area contributed by atoms with Crippen LogP contribution in [0.2, 0.25) is 0 Å². The summed E-state index contributed by atoms with van der Waals surface area (Å²) in [6.45, 7) is 1.82. The van der Waals surface area contributed by atoms with Gasteiger partial charge in [0.25, 0.3) is 0 Å². The zero-order valence-corrected chi connectivity index (χ0v) is 13.7. The second-order valence-electron chi connectivity index (χ2n) is 6.26. The predicted molar refractivity (Wildman–Crippen MR) is 90.7 cm³/mol. The molecule has 0 aromatic heterocycles. The third-order valence-corrected chi connectivity index (χ3v) is 4.43. The second kappa shape index (κ2) is 7.25. The van der Waals surface area contributed by atoms with Crippen molar-refractivity contribution < 1.29 is 30.0 Å². The molecule has 0 aliphatic rings. The van der Waals surface area contributed by atoms with E-state index in [0.29, 0.717) is 0 Å². The predicted octanol–water partition coefficient (Wildman–Crippen LogP) is 2.97. The van der Waals surface area contributed by atoms with Crippen LogP contribution in [0.1, 0.15) is 30.9 Å². The molecule has 0 amide bonds. The quantitative estimate of drug-likeness (QED) is 0.614. The smallest absolute Gasteiger partial charge is 0.307 e. The molecule has 6 heteroatoms. The van der Waals surface area contributed by atoms with Crippen LogP contribution >= 0.6 is 0 Å². The molecule has 2 aromatic carbocycles. The Balaban J connectivity index is 2.51. The normalized spacial score (nSPS) is 12.5. The lowest BCUT2D eigenvalue weighted by molar-refractivity contribution is -0.148. The highest BCUT2D eigenvalue weighted by Crippen LogP contribution is 2.39. The fourth-order valence-electron chi connectivity index (χ4n) is 3.01. The van der Waals surface area contributed by atoms with Gasteiger partial charge in [-0.05, 0) is 41.8 Å². The number of phenols is 2. The Morgan fingerprint density at radius 2 is 1.28 bits per heavy atom. The number of benzene rings is 2. The van der Waals surface area contributed by atoms with Gasteiger partial charge in [-0.25, -0.2) is 0 Å². The molecule has 0 spiro atoms. The van der Waals surface area contributed by atoms with Gasteiger partial charge in [0.05, 0.1) is 12.3 Å². The molecule has 2 rings (SSSR count). The van der Waals surface area contributed by atoms with Crippen molar-refractivity contribution in [3.63, 3.8) is 0 Å². The van der Waals surface area contributed by atoms with Crippen molar-refractivity contribution in [3.05, 3.63) is 59.7 Å². The molecular formula is C19H20O6. The summed E-state index contributed by atoms with van der Waals surface area (Å²) in [4.78, 5) is 22.6. The van der Waals surface area contributed by atoms with Crippen LogP contribution < -0.4 is 0 Å². The fourth-order valence-corrected chi connectivity index (χ4v) is 3.01. The number of phenolic OH excluding ortho intramolecular Hbond substituents is 2. The van der Waals surface area contributed by atoms with Crippen LogP contribution in [-0.4, -0.2) is 32.4 Å². The van der Waals surface area contributed by atoms with Crippen molar-refractivity contribution in [2.24, 2.45) is 5.92 Å². The Kier molecular flexibility index (Phi) is 5.32. The molecule has 2 aromatic rings. The first-order valence-corrected chi connectivity index (χ1v) is 7.76. The number of aromatic hydroxyl groups is 2. The SMILES string of the molecule is CC(CC(CC(=O)O)C(=O)O)(c1ccc(O)cc1)c1ccc(O)cc1. The van der Waals surface area contributed by atoms with Gasteiger partial charge in [0.2, 0.25) is 0 Å². The molecule has 25 heavy (non-hydrogen) atoms. The van der Waals surface area contributed by atoms with Gasteiger partial charge < -0.3 is 20.4 Å². The highest BCUT2D eigenvalue weighted by Gasteiger charge is 2.35. The highest BCUT2D eigenvalue weighted by atomic mass is 16.4. The molecule has 0 saturated heterocycles. The van der Waals surface area contributed by atoms with Gasteiger partial charge in [0, 0.05) is 5.41 Å². The Labute approximate surface area is 145 Å². The number of rotatable bonds is 7. The van der Waals surface area contributed by atoms with E-state index in [1.807, 2.05) is 6.92 Å². The minimum absolute atomic E-state index is 0.0597. The number of hydrogen-bond acceptors (Lipinski definition) is 4. The number of carboxylic acids is 2. The first kappa shape index (κ1) is 18.3. The number of aliphatic carboxylic acids is 2. The van der Waals surface area contributed by atoms with E-state index >= 15 is 0 Å². The van der Waals surface area contributed by atoms with Crippen LogP contribution in [0, 0.1) is 5.92 Å². The summed E-state index contributed by atoms with van der Waals surface area (Å²) in [6, 6.07) is 12.7. The van der Waals surface area contributed by atoms with Crippen LogP contribution in [0.3, 0.4) is 0 Å². The molecule has 0 saturated carbocycles. The largest absolute Gasteiger partial charge is 0.508 e. The van der Waals surface area contributed by atoms with Crippen LogP contribution in [0.5, 0.6) is 11.5 Å². The summed E-state index contributed by atoms with van der Waals surface area (Å²) in [5.41, 5.74) is 0.681. The molecule has 1 unspecified atom stereocenters. The van der Waals surface area contributed by atoms with Crippen molar-refractivity contribution in [2.45, 2.75) is 25.2 Å². The average molecular weight is 344 g/mol. The first-order valence-electron chi connectivity index (χ1n) is 7.76. The Morgan fingerprint density at radius 1 is 0.880 bits per heavy atom. The minimum atomic E-state index is -1.17. The molecule has 0 bridgehead atoms.